The summed E-state index contributed by atoms with van der Waals surface area (Å²) in [5.74, 6) is 0.484. The number of para-hydroxylation sites is 1. The van der Waals surface area contributed by atoms with Gasteiger partial charge in [-0.25, -0.2) is 19.7 Å². The first-order valence-corrected chi connectivity index (χ1v) is 9.73. The summed E-state index contributed by atoms with van der Waals surface area (Å²) in [7, 11) is 0. The summed E-state index contributed by atoms with van der Waals surface area (Å²) in [6.45, 7) is 2.08. The SMILES string of the molecule is CCOC(=O)c1cccc(Nc2ncnc(Nc3nc4ccccc4s3)c2N)c1. The molecule has 4 aromatic rings. The molecule has 2 aromatic heterocycles. The van der Waals surface area contributed by atoms with Crippen LogP contribution in [-0.4, -0.2) is 27.5 Å². The number of carbonyl (C=O) groups is 1. The molecule has 0 saturated carbocycles. The molecule has 0 unspecified atom stereocenters. The molecule has 2 heterocycles. The number of rotatable bonds is 6. The lowest BCUT2D eigenvalue weighted by Crippen LogP contribution is -2.07. The van der Waals surface area contributed by atoms with E-state index < -0.39 is 0 Å². The van der Waals surface area contributed by atoms with Crippen LogP contribution in [0.5, 0.6) is 0 Å². The van der Waals surface area contributed by atoms with E-state index in [0.29, 0.717) is 40.3 Å². The smallest absolute Gasteiger partial charge is 0.338 e. The van der Waals surface area contributed by atoms with Gasteiger partial charge in [0.05, 0.1) is 22.4 Å². The standard InChI is InChI=1S/C20H18N6O2S/c1-2-28-19(27)12-6-5-7-13(10-12)24-17-16(21)18(23-11-22-17)26-20-25-14-8-3-4-9-15(14)29-20/h3-11H,2,21H2,1H3,(H2,22,23,24,25,26). The number of benzene rings is 2. The van der Waals surface area contributed by atoms with Crippen molar-refractivity contribution in [2.75, 3.05) is 23.0 Å². The Kier molecular flexibility index (Phi) is 5.21. The molecule has 4 N–H and O–H groups in total. The normalized spacial score (nSPS) is 10.7. The first kappa shape index (κ1) is 18.6. The van der Waals surface area contributed by atoms with Crippen LogP contribution in [-0.2, 0) is 4.74 Å². The van der Waals surface area contributed by atoms with E-state index >= 15 is 0 Å². The predicted octanol–water partition coefficient (Wildman–Crippen LogP) is 4.33. The number of nitrogens with two attached hydrogens (primary N) is 1. The van der Waals surface area contributed by atoms with Crippen molar-refractivity contribution in [3.63, 3.8) is 0 Å². The van der Waals surface area contributed by atoms with Crippen LogP contribution < -0.4 is 16.4 Å². The highest BCUT2D eigenvalue weighted by Crippen LogP contribution is 2.32. The fourth-order valence-electron chi connectivity index (χ4n) is 2.70. The summed E-state index contributed by atoms with van der Waals surface area (Å²) in [5.41, 5.74) is 8.60. The zero-order chi connectivity index (χ0) is 20.2. The van der Waals surface area contributed by atoms with Gasteiger partial charge in [0, 0.05) is 5.69 Å². The molecule has 146 valence electrons. The topological polar surface area (TPSA) is 115 Å². The third kappa shape index (κ3) is 4.09. The second-order valence-corrected chi connectivity index (χ2v) is 7.05. The average molecular weight is 406 g/mol. The van der Waals surface area contributed by atoms with Crippen molar-refractivity contribution in [2.24, 2.45) is 0 Å². The minimum atomic E-state index is -0.384. The molecular formula is C20H18N6O2S. The van der Waals surface area contributed by atoms with Crippen LogP contribution >= 0.6 is 11.3 Å². The Morgan fingerprint density at radius 1 is 1.10 bits per heavy atom. The van der Waals surface area contributed by atoms with Gasteiger partial charge in [-0.1, -0.05) is 29.5 Å². The van der Waals surface area contributed by atoms with Crippen molar-refractivity contribution >= 4 is 55.7 Å². The molecule has 0 fully saturated rings. The highest BCUT2D eigenvalue weighted by atomic mass is 32.1. The maximum absolute atomic E-state index is 11.9. The molecule has 29 heavy (non-hydrogen) atoms. The molecule has 0 amide bonds. The van der Waals surface area contributed by atoms with Crippen molar-refractivity contribution in [2.45, 2.75) is 6.92 Å². The van der Waals surface area contributed by atoms with E-state index in [1.807, 2.05) is 30.3 Å². The van der Waals surface area contributed by atoms with E-state index in [1.165, 1.54) is 17.7 Å². The molecule has 0 radical (unpaired) electrons. The van der Waals surface area contributed by atoms with Gasteiger partial charge in [0.25, 0.3) is 0 Å². The lowest BCUT2D eigenvalue weighted by Gasteiger charge is -2.12. The number of nitrogen functional groups attached to an aromatic ring is 1. The highest BCUT2D eigenvalue weighted by molar-refractivity contribution is 7.22. The number of hydrogen-bond donors (Lipinski definition) is 3. The number of aromatic nitrogens is 3. The fraction of sp³-hybridized carbons (Fsp3) is 0.100. The van der Waals surface area contributed by atoms with Gasteiger partial charge in [0.2, 0.25) is 0 Å². The van der Waals surface area contributed by atoms with Crippen LogP contribution in [0, 0.1) is 0 Å². The molecule has 9 heteroatoms. The fourth-order valence-corrected chi connectivity index (χ4v) is 3.56. The van der Waals surface area contributed by atoms with Gasteiger partial charge in [-0.2, -0.15) is 0 Å². The van der Waals surface area contributed by atoms with Gasteiger partial charge in [-0.3, -0.25) is 0 Å². The molecule has 0 saturated heterocycles. The van der Waals surface area contributed by atoms with Gasteiger partial charge in [-0.15, -0.1) is 0 Å². The minimum absolute atomic E-state index is 0.316. The zero-order valence-corrected chi connectivity index (χ0v) is 16.4. The largest absolute Gasteiger partial charge is 0.462 e. The third-order valence-corrected chi connectivity index (χ3v) is 4.99. The maximum Gasteiger partial charge on any atom is 0.338 e. The average Bonchev–Trinajstić information content (AvgIpc) is 3.14. The summed E-state index contributed by atoms with van der Waals surface area (Å²) >= 11 is 1.51. The van der Waals surface area contributed by atoms with E-state index in [-0.39, 0.29) is 5.97 Å². The van der Waals surface area contributed by atoms with Crippen LogP contribution in [0.1, 0.15) is 17.3 Å². The Hall–Kier alpha value is -3.72. The van der Waals surface area contributed by atoms with Crippen molar-refractivity contribution < 1.29 is 9.53 Å². The van der Waals surface area contributed by atoms with Crippen molar-refractivity contribution in [3.05, 3.63) is 60.4 Å². The first-order chi connectivity index (χ1) is 14.1. The van der Waals surface area contributed by atoms with Crippen LogP contribution in [0.15, 0.2) is 54.9 Å². The predicted molar refractivity (Wildman–Crippen MR) is 115 cm³/mol. The van der Waals surface area contributed by atoms with Crippen molar-refractivity contribution in [1.29, 1.82) is 0 Å². The number of ether oxygens (including phenoxy) is 1. The monoisotopic (exact) mass is 406 g/mol. The molecule has 2 aromatic carbocycles. The van der Waals surface area contributed by atoms with Crippen LogP contribution in [0.4, 0.5) is 28.1 Å². The van der Waals surface area contributed by atoms with E-state index in [1.54, 1.807) is 25.1 Å². The molecule has 4 rings (SSSR count). The van der Waals surface area contributed by atoms with E-state index in [4.69, 9.17) is 10.5 Å². The lowest BCUT2D eigenvalue weighted by atomic mass is 10.2. The summed E-state index contributed by atoms with van der Waals surface area (Å²) in [4.78, 5) is 24.9. The number of nitrogens with zero attached hydrogens (tertiary/aromatic N) is 3. The summed E-state index contributed by atoms with van der Waals surface area (Å²) in [6, 6.07) is 14.8. The Bertz CT molecular complexity index is 1140. The lowest BCUT2D eigenvalue weighted by molar-refractivity contribution is 0.0526. The number of hydrogen-bond acceptors (Lipinski definition) is 9. The molecule has 0 spiro atoms. The molecular weight excluding hydrogens is 388 g/mol. The van der Waals surface area contributed by atoms with Gasteiger partial charge < -0.3 is 21.1 Å². The summed E-state index contributed by atoms with van der Waals surface area (Å²) in [6.07, 6.45) is 1.41. The number of thiazole rings is 1. The number of carbonyl (C=O) groups excluding carboxylic acids is 1. The maximum atomic E-state index is 11.9. The van der Waals surface area contributed by atoms with Gasteiger partial charge in [-0.05, 0) is 37.3 Å². The van der Waals surface area contributed by atoms with Gasteiger partial charge in [0.1, 0.15) is 12.0 Å². The Balaban J connectivity index is 1.57. The Morgan fingerprint density at radius 3 is 2.69 bits per heavy atom. The summed E-state index contributed by atoms with van der Waals surface area (Å²) in [5, 5.41) is 6.96. The van der Waals surface area contributed by atoms with E-state index in [0.717, 1.165) is 10.2 Å². The Morgan fingerprint density at radius 2 is 1.90 bits per heavy atom. The number of fused-ring (bicyclic) bond motifs is 1. The van der Waals surface area contributed by atoms with Crippen LogP contribution in [0.3, 0.4) is 0 Å². The third-order valence-electron chi connectivity index (χ3n) is 4.04. The zero-order valence-electron chi connectivity index (χ0n) is 15.5. The number of esters is 1. The molecule has 0 aliphatic carbocycles. The van der Waals surface area contributed by atoms with Gasteiger partial charge in [0.15, 0.2) is 16.8 Å². The minimum Gasteiger partial charge on any atom is -0.462 e. The molecule has 0 aliphatic heterocycles. The second kappa shape index (κ2) is 8.11. The van der Waals surface area contributed by atoms with Crippen molar-refractivity contribution in [3.8, 4) is 0 Å². The van der Waals surface area contributed by atoms with E-state index in [9.17, 15) is 4.79 Å². The quantitative estimate of drug-likeness (QED) is 0.405. The second-order valence-electron chi connectivity index (χ2n) is 6.02. The van der Waals surface area contributed by atoms with Crippen LogP contribution in [0.25, 0.3) is 10.2 Å². The molecule has 0 aliphatic rings. The number of anilines is 5. The molecule has 0 atom stereocenters. The summed E-state index contributed by atoms with van der Waals surface area (Å²) < 4.78 is 6.10. The molecule has 8 nitrogen and oxygen atoms in total. The van der Waals surface area contributed by atoms with Crippen LogP contribution in [0.2, 0.25) is 0 Å². The first-order valence-electron chi connectivity index (χ1n) is 8.91. The van der Waals surface area contributed by atoms with E-state index in [2.05, 4.69) is 25.6 Å². The molecule has 0 bridgehead atoms. The van der Waals surface area contributed by atoms with Crippen molar-refractivity contribution in [1.82, 2.24) is 15.0 Å². The van der Waals surface area contributed by atoms with Gasteiger partial charge >= 0.3 is 5.97 Å². The number of nitrogens with one attached hydrogen (secondary N) is 2. The highest BCUT2D eigenvalue weighted by Gasteiger charge is 2.12. The Labute approximate surface area is 170 Å².